The zero-order chi connectivity index (χ0) is 18.0. The lowest BCUT2D eigenvalue weighted by Gasteiger charge is -2.10. The Hall–Kier alpha value is -1.33. The quantitative estimate of drug-likeness (QED) is 0.471. The molecular weight excluding hydrogens is 395 g/mol. The zero-order valence-corrected chi connectivity index (χ0v) is 16.7. The molecular formula is C19H14Cl2O2S2. The van der Waals surface area contributed by atoms with Gasteiger partial charge in [0.15, 0.2) is 5.09 Å². The van der Waals surface area contributed by atoms with Gasteiger partial charge in [0.1, 0.15) is 10.0 Å². The zero-order valence-electron chi connectivity index (χ0n) is 13.5. The fourth-order valence-electron chi connectivity index (χ4n) is 2.05. The number of halogens is 2. The SMILES string of the molecule is Cc1ccc(Sc2oc(=O)c(Cl)c(Sc3ccc(C)cc3)c2Cl)cc1. The minimum atomic E-state index is -0.588. The van der Waals surface area contributed by atoms with Crippen molar-refractivity contribution in [3.63, 3.8) is 0 Å². The van der Waals surface area contributed by atoms with E-state index >= 15 is 0 Å². The predicted molar refractivity (Wildman–Crippen MR) is 106 cm³/mol. The maximum Gasteiger partial charge on any atom is 0.356 e. The molecule has 0 fully saturated rings. The van der Waals surface area contributed by atoms with Gasteiger partial charge < -0.3 is 4.42 Å². The smallest absolute Gasteiger partial charge is 0.356 e. The van der Waals surface area contributed by atoms with Gasteiger partial charge in [-0.2, -0.15) is 0 Å². The van der Waals surface area contributed by atoms with Crippen LogP contribution in [-0.2, 0) is 0 Å². The Balaban J connectivity index is 1.97. The van der Waals surface area contributed by atoms with Gasteiger partial charge >= 0.3 is 5.63 Å². The fourth-order valence-corrected chi connectivity index (χ4v) is 4.43. The Morgan fingerprint density at radius 3 is 1.76 bits per heavy atom. The standard InChI is InChI=1S/C19H14Cl2O2S2/c1-11-3-7-13(8-4-11)24-17-15(20)18(22)23-19(16(17)21)25-14-9-5-12(2)6-10-14/h3-10H,1-2H3. The van der Waals surface area contributed by atoms with E-state index in [9.17, 15) is 4.79 Å². The van der Waals surface area contributed by atoms with Crippen LogP contribution in [0.4, 0.5) is 0 Å². The Labute approximate surface area is 164 Å². The van der Waals surface area contributed by atoms with Gasteiger partial charge in [0, 0.05) is 9.79 Å². The third-order valence-electron chi connectivity index (χ3n) is 3.41. The van der Waals surface area contributed by atoms with Crippen LogP contribution in [0.25, 0.3) is 0 Å². The maximum absolute atomic E-state index is 12.1. The summed E-state index contributed by atoms with van der Waals surface area (Å²) in [6, 6.07) is 15.8. The molecule has 1 aromatic heterocycles. The molecule has 128 valence electrons. The fraction of sp³-hybridized carbons (Fsp3) is 0.105. The Kier molecular flexibility index (Phi) is 5.85. The van der Waals surface area contributed by atoms with Crippen molar-refractivity contribution in [2.24, 2.45) is 0 Å². The van der Waals surface area contributed by atoms with Gasteiger partial charge in [-0.25, -0.2) is 4.79 Å². The molecule has 25 heavy (non-hydrogen) atoms. The molecule has 1 heterocycles. The Morgan fingerprint density at radius 2 is 1.24 bits per heavy atom. The summed E-state index contributed by atoms with van der Waals surface area (Å²) in [5.74, 6) is 0. The summed E-state index contributed by atoms with van der Waals surface area (Å²) < 4.78 is 5.30. The second-order valence-corrected chi connectivity index (χ2v) is 8.35. The Bertz CT molecular complexity index is 949. The van der Waals surface area contributed by atoms with E-state index in [4.69, 9.17) is 27.6 Å². The first-order chi connectivity index (χ1) is 11.9. The lowest BCUT2D eigenvalue weighted by atomic mass is 10.2. The predicted octanol–water partition coefficient (Wildman–Crippen LogP) is 6.87. The monoisotopic (exact) mass is 408 g/mol. The number of benzene rings is 2. The van der Waals surface area contributed by atoms with Crippen LogP contribution in [0.3, 0.4) is 0 Å². The molecule has 2 aromatic carbocycles. The van der Waals surface area contributed by atoms with E-state index in [2.05, 4.69) is 0 Å². The van der Waals surface area contributed by atoms with Crippen molar-refractivity contribution in [3.05, 3.63) is 80.1 Å². The molecule has 6 heteroatoms. The summed E-state index contributed by atoms with van der Waals surface area (Å²) in [7, 11) is 0. The number of hydrogen-bond donors (Lipinski definition) is 0. The van der Waals surface area contributed by atoms with Crippen LogP contribution in [0.5, 0.6) is 0 Å². The highest BCUT2D eigenvalue weighted by molar-refractivity contribution is 8.00. The second kappa shape index (κ2) is 7.92. The van der Waals surface area contributed by atoms with Gasteiger partial charge in [0.05, 0.1) is 4.90 Å². The summed E-state index contributed by atoms with van der Waals surface area (Å²) in [6.07, 6.45) is 0. The minimum absolute atomic E-state index is 0.00355. The van der Waals surface area contributed by atoms with Crippen LogP contribution in [0.2, 0.25) is 10.0 Å². The van der Waals surface area contributed by atoms with Crippen molar-refractivity contribution < 1.29 is 4.42 Å². The molecule has 0 amide bonds. The van der Waals surface area contributed by atoms with Crippen LogP contribution in [-0.4, -0.2) is 0 Å². The lowest BCUT2D eigenvalue weighted by molar-refractivity contribution is 0.418. The number of hydrogen-bond acceptors (Lipinski definition) is 4. The highest BCUT2D eigenvalue weighted by Gasteiger charge is 2.19. The van der Waals surface area contributed by atoms with Crippen molar-refractivity contribution in [1.82, 2.24) is 0 Å². The number of rotatable bonds is 4. The van der Waals surface area contributed by atoms with Crippen LogP contribution < -0.4 is 5.63 Å². The molecule has 0 spiro atoms. The summed E-state index contributed by atoms with van der Waals surface area (Å²) in [5.41, 5.74) is 1.73. The van der Waals surface area contributed by atoms with E-state index in [1.807, 2.05) is 62.4 Å². The Morgan fingerprint density at radius 1 is 0.760 bits per heavy atom. The molecule has 2 nitrogen and oxygen atoms in total. The molecule has 0 aliphatic rings. The van der Waals surface area contributed by atoms with E-state index < -0.39 is 5.63 Å². The van der Waals surface area contributed by atoms with Gasteiger partial charge in [-0.05, 0) is 38.1 Å². The van der Waals surface area contributed by atoms with Crippen molar-refractivity contribution in [3.8, 4) is 0 Å². The molecule has 0 aliphatic heterocycles. The molecule has 0 bridgehead atoms. The van der Waals surface area contributed by atoms with Gasteiger partial charge in [-0.3, -0.25) is 0 Å². The van der Waals surface area contributed by atoms with Crippen molar-refractivity contribution in [1.29, 1.82) is 0 Å². The van der Waals surface area contributed by atoms with E-state index in [0.717, 1.165) is 20.9 Å². The van der Waals surface area contributed by atoms with Gasteiger partial charge in [-0.1, -0.05) is 82.1 Å². The van der Waals surface area contributed by atoms with Crippen LogP contribution in [0.15, 0.2) is 77.5 Å². The minimum Gasteiger partial charge on any atom is -0.413 e. The first kappa shape index (κ1) is 18.5. The molecule has 0 atom stereocenters. The van der Waals surface area contributed by atoms with Crippen molar-refractivity contribution >= 4 is 46.7 Å². The normalized spacial score (nSPS) is 10.9. The van der Waals surface area contributed by atoms with E-state index in [-0.39, 0.29) is 5.02 Å². The third kappa shape index (κ3) is 4.45. The van der Waals surface area contributed by atoms with Gasteiger partial charge in [-0.15, -0.1) is 0 Å². The van der Waals surface area contributed by atoms with Crippen LogP contribution in [0, 0.1) is 13.8 Å². The summed E-state index contributed by atoms with van der Waals surface area (Å²) >= 11 is 15.3. The molecule has 0 saturated heterocycles. The molecule has 0 N–H and O–H groups in total. The molecule has 0 unspecified atom stereocenters. The summed E-state index contributed by atoms with van der Waals surface area (Å²) in [5, 5.41) is 0.694. The van der Waals surface area contributed by atoms with E-state index in [1.165, 1.54) is 23.5 Å². The first-order valence-electron chi connectivity index (χ1n) is 7.45. The molecule has 3 rings (SSSR count). The highest BCUT2D eigenvalue weighted by Crippen LogP contribution is 2.43. The van der Waals surface area contributed by atoms with Gasteiger partial charge in [0.2, 0.25) is 0 Å². The second-order valence-electron chi connectivity index (χ2n) is 5.46. The van der Waals surface area contributed by atoms with Crippen molar-refractivity contribution in [2.45, 2.75) is 33.6 Å². The van der Waals surface area contributed by atoms with Crippen LogP contribution >= 0.6 is 46.7 Å². The third-order valence-corrected chi connectivity index (χ3v) is 6.56. The number of aryl methyl sites for hydroxylation is 2. The summed E-state index contributed by atoms with van der Waals surface area (Å²) in [4.78, 5) is 14.5. The van der Waals surface area contributed by atoms with E-state index in [1.54, 1.807) is 0 Å². The van der Waals surface area contributed by atoms with Crippen LogP contribution in [0.1, 0.15) is 11.1 Å². The molecule has 0 aliphatic carbocycles. The molecule has 3 aromatic rings. The molecule has 0 radical (unpaired) electrons. The maximum atomic E-state index is 12.1. The van der Waals surface area contributed by atoms with Gasteiger partial charge in [0.25, 0.3) is 0 Å². The average molecular weight is 409 g/mol. The highest BCUT2D eigenvalue weighted by atomic mass is 35.5. The average Bonchev–Trinajstić information content (AvgIpc) is 2.60. The first-order valence-corrected chi connectivity index (χ1v) is 9.84. The topological polar surface area (TPSA) is 30.2 Å². The lowest BCUT2D eigenvalue weighted by Crippen LogP contribution is -2.02. The summed E-state index contributed by atoms with van der Waals surface area (Å²) in [6.45, 7) is 4.03. The molecule has 0 saturated carbocycles. The largest absolute Gasteiger partial charge is 0.413 e. The van der Waals surface area contributed by atoms with E-state index in [0.29, 0.717) is 15.0 Å². The van der Waals surface area contributed by atoms with Crippen molar-refractivity contribution in [2.75, 3.05) is 0 Å².